The smallest absolute Gasteiger partial charge is 1.00 e. The van der Waals surface area contributed by atoms with E-state index in [2.05, 4.69) is 0 Å². The molecule has 5 heteroatoms. The quantitative estimate of drug-likeness (QED) is 0.359. The van der Waals surface area contributed by atoms with Crippen LogP contribution in [0.25, 0.3) is 0 Å². The molecule has 0 saturated carbocycles. The van der Waals surface area contributed by atoms with Gasteiger partial charge in [0, 0.05) is 0 Å². The normalized spacial score (nSPS) is 10.2. The largest absolute Gasteiger partial charge is 1.00 e. The van der Waals surface area contributed by atoms with Gasteiger partial charge in [-0.2, -0.15) is 13.5 Å². The summed E-state index contributed by atoms with van der Waals surface area (Å²) in [5, 5.41) is 7.10. The molecule has 0 aromatic rings. The van der Waals surface area contributed by atoms with E-state index in [9.17, 15) is 4.79 Å². The van der Waals surface area contributed by atoms with Gasteiger partial charge in [-0.05, 0) is 6.92 Å². The zero-order valence-electron chi connectivity index (χ0n) is 5.81. The molecule has 0 fully saturated rings. The van der Waals surface area contributed by atoms with Crippen LogP contribution in [0.1, 0.15) is 8.35 Å². The first-order valence-corrected chi connectivity index (χ1v) is 1.95. The second-order valence-corrected chi connectivity index (χ2v) is 1.61. The average Bonchev–Trinajstić information content (AvgIpc) is 1.36. The Morgan fingerprint density at radius 2 is 2.00 bits per heavy atom. The van der Waals surface area contributed by atoms with E-state index in [4.69, 9.17) is 16.7 Å². The van der Waals surface area contributed by atoms with E-state index in [0.29, 0.717) is 0 Å². The fourth-order valence-electron chi connectivity index (χ4n) is 0. The molecule has 0 saturated heterocycles. The van der Waals surface area contributed by atoms with Crippen LogP contribution in [0.15, 0.2) is 0 Å². The van der Waals surface area contributed by atoms with Gasteiger partial charge in [0.05, 0.1) is 0 Å². The van der Waals surface area contributed by atoms with Crippen LogP contribution in [-0.4, -0.2) is 16.5 Å². The average molecular weight is 167 g/mol. The van der Waals surface area contributed by atoms with E-state index in [0.717, 1.165) is 0 Å². The van der Waals surface area contributed by atoms with Crippen molar-refractivity contribution in [1.82, 2.24) is 0 Å². The second kappa shape index (κ2) is 8.11. The maximum atomic E-state index is 9.57. The van der Waals surface area contributed by atoms with Crippen molar-refractivity contribution in [2.45, 2.75) is 12.3 Å². The summed E-state index contributed by atoms with van der Waals surface area (Å²) >= 11 is 5.01. The topological polar surface area (TPSA) is 37.3 Å². The Balaban J connectivity index is -0.0000000417. The van der Waals surface area contributed by atoms with E-state index in [1.54, 1.807) is 0 Å². The Morgan fingerprint density at radius 3 is 2.00 bits per heavy atom. The maximum absolute atomic E-state index is 9.57. The molecule has 0 aliphatic carbocycles. The van der Waals surface area contributed by atoms with Gasteiger partial charge in [-0.25, -0.2) is 0 Å². The van der Waals surface area contributed by atoms with Crippen molar-refractivity contribution < 1.29 is 40.9 Å². The fraction of sp³-hybridized carbons (Fsp3) is 0.667. The molecule has 2 nitrogen and oxygen atoms in total. The number of halogens is 1. The fourth-order valence-corrected chi connectivity index (χ4v) is 0. The molecule has 1 unspecified atom stereocenters. The number of rotatable bonds is 1. The third-order valence-electron chi connectivity index (χ3n) is 0.340. The van der Waals surface area contributed by atoms with E-state index in [1.165, 1.54) is 6.92 Å². The van der Waals surface area contributed by atoms with Crippen LogP contribution in [0.5, 0.6) is 0 Å². The molecule has 8 heavy (non-hydrogen) atoms. The number of carbonyl (C=O) groups is 1. The molecule has 0 radical (unpaired) electrons. The van der Waals surface area contributed by atoms with Crippen LogP contribution in [0, 0.1) is 0 Å². The van der Waals surface area contributed by atoms with Crippen LogP contribution >= 0.6 is 25.1 Å². The zero-order chi connectivity index (χ0) is 5.15. The minimum atomic E-state index is -0.975. The van der Waals surface area contributed by atoms with E-state index in [1.807, 2.05) is 0 Å². The Bertz CT molecular complexity index is 72.8. The number of carboxylic acid groups (broad SMARTS) is 1. The summed E-state index contributed by atoms with van der Waals surface area (Å²) in [4.78, 5) is 9.57. The van der Waals surface area contributed by atoms with Crippen molar-refractivity contribution in [3.63, 3.8) is 0 Å². The third kappa shape index (κ3) is 10.2. The summed E-state index contributed by atoms with van der Waals surface area (Å²) in [5.74, 6) is -0.975. The molecule has 0 bridgehead atoms. The van der Waals surface area contributed by atoms with Crippen LogP contribution in [0.2, 0.25) is 0 Å². The molecular formula is C3H8ClNaO2S. The second-order valence-electron chi connectivity index (χ2n) is 0.954. The molecule has 0 aliphatic rings. The molecule has 1 N–H and O–H groups in total. The molecule has 0 rings (SSSR count). The molecule has 0 aliphatic heterocycles. The monoisotopic (exact) mass is 166 g/mol. The van der Waals surface area contributed by atoms with Crippen LogP contribution in [0.3, 0.4) is 0 Å². The van der Waals surface area contributed by atoms with Gasteiger partial charge in [-0.3, -0.25) is 4.79 Å². The van der Waals surface area contributed by atoms with Gasteiger partial charge < -0.3 is 6.53 Å². The minimum absolute atomic E-state index is 0. The van der Waals surface area contributed by atoms with E-state index in [-0.39, 0.29) is 44.5 Å². The molecule has 0 amide bonds. The molecule has 46 valence electrons. The van der Waals surface area contributed by atoms with Gasteiger partial charge in [0.1, 0.15) is 5.38 Å². The standard InChI is InChI=1S/C3H5ClO2.Na.H2S.H/c1-2(4)3(5)6;;;/h2H,1H3,(H,5,6);;1H2;/q;+1;;-1. The molecule has 0 spiro atoms. The van der Waals surface area contributed by atoms with Crippen LogP contribution < -0.4 is 29.6 Å². The predicted molar refractivity (Wildman–Crippen MR) is 34.4 cm³/mol. The Kier molecular flexibility index (Phi) is 16.3. The van der Waals surface area contributed by atoms with Crippen molar-refractivity contribution >= 4 is 31.1 Å². The number of hydrogen-bond acceptors (Lipinski definition) is 1. The SMILES string of the molecule is CC(Cl)C(=O)O.S.[H-].[Na+]. The van der Waals surface area contributed by atoms with Crippen molar-refractivity contribution in [1.29, 1.82) is 0 Å². The Hall–Kier alpha value is 1.11. The predicted octanol–water partition coefficient (Wildman–Crippen LogP) is -2.07. The Morgan fingerprint density at radius 1 is 1.88 bits per heavy atom. The summed E-state index contributed by atoms with van der Waals surface area (Å²) in [7, 11) is 0. The van der Waals surface area contributed by atoms with Gasteiger partial charge in [-0.15, -0.1) is 11.6 Å². The van der Waals surface area contributed by atoms with Crippen molar-refractivity contribution in [2.24, 2.45) is 0 Å². The third-order valence-corrected chi connectivity index (χ3v) is 0.527. The van der Waals surface area contributed by atoms with Gasteiger partial charge in [0.25, 0.3) is 0 Å². The number of aliphatic carboxylic acids is 1. The van der Waals surface area contributed by atoms with Gasteiger partial charge in [0.15, 0.2) is 0 Å². The van der Waals surface area contributed by atoms with Gasteiger partial charge >= 0.3 is 35.5 Å². The summed E-state index contributed by atoms with van der Waals surface area (Å²) in [6, 6.07) is 0. The summed E-state index contributed by atoms with van der Waals surface area (Å²) in [6.07, 6.45) is 0. The van der Waals surface area contributed by atoms with E-state index >= 15 is 0 Å². The molecule has 1 atom stereocenters. The maximum Gasteiger partial charge on any atom is 1.00 e. The minimum Gasteiger partial charge on any atom is -1.00 e. The first-order valence-electron chi connectivity index (χ1n) is 1.51. The first kappa shape index (κ1) is 16.1. The number of alkyl halides is 1. The Labute approximate surface area is 83.8 Å². The van der Waals surface area contributed by atoms with Gasteiger partial charge in [-0.1, -0.05) is 0 Å². The van der Waals surface area contributed by atoms with Crippen LogP contribution in [0.4, 0.5) is 0 Å². The van der Waals surface area contributed by atoms with Crippen molar-refractivity contribution in [2.75, 3.05) is 0 Å². The number of carboxylic acids is 1. The van der Waals surface area contributed by atoms with Crippen LogP contribution in [-0.2, 0) is 4.79 Å². The summed E-state index contributed by atoms with van der Waals surface area (Å²) < 4.78 is 0. The van der Waals surface area contributed by atoms with Crippen molar-refractivity contribution in [3.8, 4) is 0 Å². The molecular weight excluding hydrogens is 159 g/mol. The van der Waals surface area contributed by atoms with Crippen molar-refractivity contribution in [3.05, 3.63) is 0 Å². The number of hydrogen-bond donors (Lipinski definition) is 1. The van der Waals surface area contributed by atoms with E-state index < -0.39 is 11.3 Å². The first-order chi connectivity index (χ1) is 2.64. The van der Waals surface area contributed by atoms with Gasteiger partial charge in [0.2, 0.25) is 0 Å². The molecule has 0 heterocycles. The molecule has 0 aromatic carbocycles. The zero-order valence-corrected chi connectivity index (χ0v) is 8.57. The molecule has 0 aromatic heterocycles. The summed E-state index contributed by atoms with van der Waals surface area (Å²) in [6.45, 7) is 1.41. The summed E-state index contributed by atoms with van der Waals surface area (Å²) in [5.41, 5.74) is 0.